The Hall–Kier alpha value is -1.75. The standard InChI is InChI=1S/C12H14N2/c1-3-4-7-14-12-8-11(9-13)6-5-10(12)2/h3,5-6,8,14H,1,4,7H2,2H3. The molecule has 0 aromatic heterocycles. The Labute approximate surface area is 84.9 Å². The number of nitrogens with zero attached hydrogens (tertiary/aromatic N) is 1. The lowest BCUT2D eigenvalue weighted by atomic mass is 10.1. The van der Waals surface area contributed by atoms with E-state index in [9.17, 15) is 0 Å². The van der Waals surface area contributed by atoms with Crippen LogP contribution < -0.4 is 5.32 Å². The Kier molecular flexibility index (Phi) is 3.75. The van der Waals surface area contributed by atoms with Crippen LogP contribution in [0.15, 0.2) is 30.9 Å². The normalized spacial score (nSPS) is 9.14. The zero-order chi connectivity index (χ0) is 10.4. The third kappa shape index (κ3) is 2.63. The lowest BCUT2D eigenvalue weighted by molar-refractivity contribution is 1.07. The number of aryl methyl sites for hydroxylation is 1. The van der Waals surface area contributed by atoms with Crippen molar-refractivity contribution in [3.8, 4) is 6.07 Å². The molecule has 1 aromatic rings. The molecule has 72 valence electrons. The van der Waals surface area contributed by atoms with Crippen molar-refractivity contribution in [1.82, 2.24) is 0 Å². The van der Waals surface area contributed by atoms with E-state index in [4.69, 9.17) is 5.26 Å². The highest BCUT2D eigenvalue weighted by Crippen LogP contribution is 2.16. The average Bonchev–Trinajstić information content (AvgIpc) is 2.21. The number of rotatable bonds is 4. The summed E-state index contributed by atoms with van der Waals surface area (Å²) >= 11 is 0. The monoisotopic (exact) mass is 186 g/mol. The molecule has 0 unspecified atom stereocenters. The lowest BCUT2D eigenvalue weighted by Crippen LogP contribution is -2.01. The Bertz CT molecular complexity index is 361. The van der Waals surface area contributed by atoms with E-state index in [0.29, 0.717) is 5.56 Å². The quantitative estimate of drug-likeness (QED) is 0.579. The third-order valence-corrected chi connectivity index (χ3v) is 2.03. The van der Waals surface area contributed by atoms with Gasteiger partial charge in [0.2, 0.25) is 0 Å². The van der Waals surface area contributed by atoms with E-state index in [1.165, 1.54) is 0 Å². The fraction of sp³-hybridized carbons (Fsp3) is 0.250. The van der Waals surface area contributed by atoms with Gasteiger partial charge in [-0.25, -0.2) is 0 Å². The minimum atomic E-state index is 0.691. The van der Waals surface area contributed by atoms with Crippen molar-refractivity contribution in [2.45, 2.75) is 13.3 Å². The van der Waals surface area contributed by atoms with Crippen LogP contribution in [0.3, 0.4) is 0 Å². The van der Waals surface area contributed by atoms with E-state index >= 15 is 0 Å². The minimum Gasteiger partial charge on any atom is -0.384 e. The predicted octanol–water partition coefficient (Wildman–Crippen LogP) is 2.85. The van der Waals surface area contributed by atoms with Crippen LogP contribution in [0.1, 0.15) is 17.5 Å². The highest BCUT2D eigenvalue weighted by molar-refractivity contribution is 5.55. The second-order valence-electron chi connectivity index (χ2n) is 3.15. The fourth-order valence-corrected chi connectivity index (χ4v) is 1.19. The van der Waals surface area contributed by atoms with E-state index in [0.717, 1.165) is 24.2 Å². The molecule has 0 atom stereocenters. The first-order chi connectivity index (χ1) is 6.77. The van der Waals surface area contributed by atoms with Crippen molar-refractivity contribution >= 4 is 5.69 Å². The largest absolute Gasteiger partial charge is 0.384 e. The van der Waals surface area contributed by atoms with Gasteiger partial charge >= 0.3 is 0 Å². The molecule has 0 saturated carbocycles. The summed E-state index contributed by atoms with van der Waals surface area (Å²) in [6.45, 7) is 6.54. The van der Waals surface area contributed by atoms with Crippen LogP contribution >= 0.6 is 0 Å². The van der Waals surface area contributed by atoms with Crippen molar-refractivity contribution in [2.75, 3.05) is 11.9 Å². The number of benzene rings is 1. The molecular weight excluding hydrogens is 172 g/mol. The second-order valence-corrected chi connectivity index (χ2v) is 3.15. The number of nitriles is 1. The van der Waals surface area contributed by atoms with Gasteiger partial charge in [-0.1, -0.05) is 12.1 Å². The van der Waals surface area contributed by atoms with Gasteiger partial charge in [0.15, 0.2) is 0 Å². The van der Waals surface area contributed by atoms with E-state index in [-0.39, 0.29) is 0 Å². The smallest absolute Gasteiger partial charge is 0.0992 e. The fourth-order valence-electron chi connectivity index (χ4n) is 1.19. The summed E-state index contributed by atoms with van der Waals surface area (Å²) in [5, 5.41) is 12.0. The first-order valence-electron chi connectivity index (χ1n) is 4.63. The van der Waals surface area contributed by atoms with Crippen LogP contribution in [0.5, 0.6) is 0 Å². The van der Waals surface area contributed by atoms with Crippen LogP contribution in [-0.2, 0) is 0 Å². The summed E-state index contributed by atoms with van der Waals surface area (Å²) in [4.78, 5) is 0. The summed E-state index contributed by atoms with van der Waals surface area (Å²) in [6, 6.07) is 7.78. The minimum absolute atomic E-state index is 0.691. The Morgan fingerprint density at radius 3 is 3.00 bits per heavy atom. The van der Waals surface area contributed by atoms with Gasteiger partial charge < -0.3 is 5.32 Å². The molecule has 0 radical (unpaired) electrons. The first-order valence-corrected chi connectivity index (χ1v) is 4.63. The molecule has 0 aliphatic heterocycles. The van der Waals surface area contributed by atoms with Gasteiger partial charge in [0, 0.05) is 12.2 Å². The molecule has 0 fully saturated rings. The third-order valence-electron chi connectivity index (χ3n) is 2.03. The van der Waals surface area contributed by atoms with Crippen molar-refractivity contribution in [3.63, 3.8) is 0 Å². The Morgan fingerprint density at radius 2 is 2.36 bits per heavy atom. The molecule has 0 aliphatic rings. The molecule has 0 amide bonds. The van der Waals surface area contributed by atoms with E-state index in [2.05, 4.69) is 18.0 Å². The SMILES string of the molecule is C=CCCNc1cc(C#N)ccc1C. The highest BCUT2D eigenvalue weighted by atomic mass is 14.9. The lowest BCUT2D eigenvalue weighted by Gasteiger charge is -2.08. The van der Waals surface area contributed by atoms with Crippen molar-refractivity contribution in [1.29, 1.82) is 5.26 Å². The summed E-state index contributed by atoms with van der Waals surface area (Å²) < 4.78 is 0. The molecule has 2 heteroatoms. The molecule has 1 N–H and O–H groups in total. The summed E-state index contributed by atoms with van der Waals surface area (Å²) in [5.41, 5.74) is 2.88. The van der Waals surface area contributed by atoms with E-state index < -0.39 is 0 Å². The molecule has 0 spiro atoms. The van der Waals surface area contributed by atoms with Crippen molar-refractivity contribution < 1.29 is 0 Å². The Balaban J connectivity index is 2.74. The number of anilines is 1. The van der Waals surface area contributed by atoms with Crippen LogP contribution in [0.4, 0.5) is 5.69 Å². The molecule has 1 aromatic carbocycles. The Morgan fingerprint density at radius 1 is 1.57 bits per heavy atom. The maximum absolute atomic E-state index is 8.73. The highest BCUT2D eigenvalue weighted by Gasteiger charge is 1.98. The molecule has 1 rings (SSSR count). The summed E-state index contributed by atoms with van der Waals surface area (Å²) in [7, 11) is 0. The summed E-state index contributed by atoms with van der Waals surface area (Å²) in [6.07, 6.45) is 2.80. The molecule has 14 heavy (non-hydrogen) atoms. The maximum Gasteiger partial charge on any atom is 0.0992 e. The zero-order valence-corrected chi connectivity index (χ0v) is 8.38. The topological polar surface area (TPSA) is 35.8 Å². The maximum atomic E-state index is 8.73. The molecule has 0 heterocycles. The predicted molar refractivity (Wildman–Crippen MR) is 59.2 cm³/mol. The molecule has 2 nitrogen and oxygen atoms in total. The number of hydrogen-bond donors (Lipinski definition) is 1. The van der Waals surface area contributed by atoms with E-state index in [1.807, 2.05) is 31.2 Å². The molecule has 0 saturated heterocycles. The summed E-state index contributed by atoms with van der Waals surface area (Å²) in [5.74, 6) is 0. The second kappa shape index (κ2) is 5.08. The number of hydrogen-bond acceptors (Lipinski definition) is 2. The van der Waals surface area contributed by atoms with Gasteiger partial charge in [-0.05, 0) is 31.0 Å². The van der Waals surface area contributed by atoms with Gasteiger partial charge in [0.05, 0.1) is 11.6 Å². The van der Waals surface area contributed by atoms with Gasteiger partial charge in [-0.2, -0.15) is 5.26 Å². The van der Waals surface area contributed by atoms with Gasteiger partial charge in [0.1, 0.15) is 0 Å². The van der Waals surface area contributed by atoms with Crippen LogP contribution in [0.25, 0.3) is 0 Å². The first kappa shape index (κ1) is 10.3. The number of nitrogens with one attached hydrogen (secondary N) is 1. The van der Waals surface area contributed by atoms with Gasteiger partial charge in [0.25, 0.3) is 0 Å². The van der Waals surface area contributed by atoms with Crippen LogP contribution in [0.2, 0.25) is 0 Å². The van der Waals surface area contributed by atoms with Gasteiger partial charge in [-0.3, -0.25) is 0 Å². The van der Waals surface area contributed by atoms with Crippen LogP contribution in [0, 0.1) is 18.3 Å². The van der Waals surface area contributed by atoms with Gasteiger partial charge in [-0.15, -0.1) is 6.58 Å². The molecule has 0 aliphatic carbocycles. The van der Waals surface area contributed by atoms with E-state index in [1.54, 1.807) is 0 Å². The molecule has 0 bridgehead atoms. The average molecular weight is 186 g/mol. The van der Waals surface area contributed by atoms with Crippen molar-refractivity contribution in [2.24, 2.45) is 0 Å². The molecular formula is C12H14N2. The van der Waals surface area contributed by atoms with Crippen molar-refractivity contribution in [3.05, 3.63) is 42.0 Å². The van der Waals surface area contributed by atoms with Crippen LogP contribution in [-0.4, -0.2) is 6.54 Å². The zero-order valence-electron chi connectivity index (χ0n) is 8.38.